The second kappa shape index (κ2) is 5.66. The molecule has 0 atom stereocenters. The smallest absolute Gasteiger partial charge is 0.268 e. The minimum Gasteiger partial charge on any atom is -0.268 e. The van der Waals surface area contributed by atoms with Crippen LogP contribution in [0.3, 0.4) is 0 Å². The summed E-state index contributed by atoms with van der Waals surface area (Å²) in [5.41, 5.74) is 3.21. The Hall–Kier alpha value is -3.67. The summed E-state index contributed by atoms with van der Waals surface area (Å²) in [4.78, 5) is 36.7. The van der Waals surface area contributed by atoms with Gasteiger partial charge in [0.1, 0.15) is 5.82 Å². The number of aromatic nitrogens is 2. The summed E-state index contributed by atoms with van der Waals surface area (Å²) in [5, 5.41) is 1.04. The number of fused-ring (bicyclic) bond motifs is 4. The fraction of sp³-hybridized carbons (Fsp3) is 0.0909. The number of nitrogens with zero attached hydrogens (tertiary/aromatic N) is 3. The lowest BCUT2D eigenvalue weighted by atomic mass is 10.0. The summed E-state index contributed by atoms with van der Waals surface area (Å²) in [7, 11) is 0. The Balaban J connectivity index is 1.82. The van der Waals surface area contributed by atoms with Gasteiger partial charge in [-0.2, -0.15) is 0 Å². The highest BCUT2D eigenvalue weighted by Crippen LogP contribution is 2.37. The lowest BCUT2D eigenvalue weighted by Gasteiger charge is -2.17. The monoisotopic (exact) mass is 371 g/mol. The maximum absolute atomic E-state index is 13.9. The second-order valence-corrected chi connectivity index (χ2v) is 6.85. The molecule has 0 aliphatic carbocycles. The number of benzene rings is 2. The fourth-order valence-electron chi connectivity index (χ4n) is 3.85. The van der Waals surface area contributed by atoms with Gasteiger partial charge in [-0.1, -0.05) is 18.2 Å². The van der Waals surface area contributed by atoms with E-state index in [0.29, 0.717) is 38.9 Å². The van der Waals surface area contributed by atoms with Gasteiger partial charge in [0.15, 0.2) is 0 Å². The van der Waals surface area contributed by atoms with Gasteiger partial charge in [0.2, 0.25) is 0 Å². The molecule has 1 aliphatic heterocycles. The molecule has 2 aromatic heterocycles. The van der Waals surface area contributed by atoms with Gasteiger partial charge in [0.05, 0.1) is 33.5 Å². The van der Waals surface area contributed by atoms with Gasteiger partial charge >= 0.3 is 0 Å². The van der Waals surface area contributed by atoms with Crippen molar-refractivity contribution in [2.75, 3.05) is 4.90 Å². The third kappa shape index (κ3) is 2.18. The molecule has 2 aromatic carbocycles. The summed E-state index contributed by atoms with van der Waals surface area (Å²) in [6.45, 7) is 3.50. The molecule has 0 bridgehead atoms. The highest BCUT2D eigenvalue weighted by atomic mass is 19.1. The minimum atomic E-state index is -0.482. The van der Waals surface area contributed by atoms with Crippen LogP contribution in [0.1, 0.15) is 32.1 Å². The molecular weight excluding hydrogens is 357 g/mol. The van der Waals surface area contributed by atoms with E-state index < -0.39 is 17.6 Å². The van der Waals surface area contributed by atoms with E-state index in [1.54, 1.807) is 13.0 Å². The summed E-state index contributed by atoms with van der Waals surface area (Å²) < 4.78 is 13.9. The van der Waals surface area contributed by atoms with Crippen LogP contribution in [-0.4, -0.2) is 21.8 Å². The van der Waals surface area contributed by atoms with Crippen molar-refractivity contribution >= 4 is 39.3 Å². The second-order valence-electron chi connectivity index (χ2n) is 6.85. The predicted molar refractivity (Wildman–Crippen MR) is 104 cm³/mol. The molecule has 0 fully saturated rings. The van der Waals surface area contributed by atoms with E-state index in [0.717, 1.165) is 4.90 Å². The third-order valence-corrected chi connectivity index (χ3v) is 5.03. The first-order chi connectivity index (χ1) is 13.5. The molecule has 5 nitrogen and oxygen atoms in total. The summed E-state index contributed by atoms with van der Waals surface area (Å²) >= 11 is 0. The van der Waals surface area contributed by atoms with E-state index in [4.69, 9.17) is 0 Å². The molecule has 1 aliphatic rings. The Morgan fingerprint density at radius 2 is 1.54 bits per heavy atom. The molecule has 0 saturated heterocycles. The zero-order chi connectivity index (χ0) is 19.6. The molecule has 28 heavy (non-hydrogen) atoms. The maximum atomic E-state index is 13.9. The lowest BCUT2D eigenvalue weighted by Crippen LogP contribution is -2.30. The number of anilines is 1. The van der Waals surface area contributed by atoms with Crippen LogP contribution < -0.4 is 4.90 Å². The van der Waals surface area contributed by atoms with Gasteiger partial charge in [-0.25, -0.2) is 9.29 Å². The van der Waals surface area contributed by atoms with E-state index >= 15 is 0 Å². The first-order valence-corrected chi connectivity index (χ1v) is 8.81. The van der Waals surface area contributed by atoms with Gasteiger partial charge in [0, 0.05) is 16.5 Å². The van der Waals surface area contributed by atoms with Gasteiger partial charge in [-0.3, -0.25) is 19.6 Å². The Bertz CT molecular complexity index is 1350. The number of hydrogen-bond acceptors (Lipinski definition) is 4. The molecule has 2 amide bonds. The molecule has 3 heterocycles. The van der Waals surface area contributed by atoms with Crippen molar-refractivity contribution in [1.82, 2.24) is 9.97 Å². The molecular formula is C22H14FN3O2. The van der Waals surface area contributed by atoms with Crippen molar-refractivity contribution in [1.29, 1.82) is 0 Å². The Morgan fingerprint density at radius 3 is 2.36 bits per heavy atom. The number of carbonyl (C=O) groups excluding carboxylic acids is 2. The highest BCUT2D eigenvalue weighted by molar-refractivity contribution is 6.39. The highest BCUT2D eigenvalue weighted by Gasteiger charge is 2.40. The summed E-state index contributed by atoms with van der Waals surface area (Å²) in [5.74, 6) is -1.41. The molecule has 6 heteroatoms. The molecule has 0 saturated carbocycles. The van der Waals surface area contributed by atoms with Crippen LogP contribution in [0, 0.1) is 19.7 Å². The lowest BCUT2D eigenvalue weighted by molar-refractivity contribution is 0.0927. The SMILES string of the molecule is Cc1cc(N2C(=O)c3c(C)nc4ccc(F)cc4c3C2=O)c2ccccc2n1. The van der Waals surface area contributed by atoms with Crippen molar-refractivity contribution in [3.05, 3.63) is 76.9 Å². The Morgan fingerprint density at radius 1 is 0.821 bits per heavy atom. The number of halogens is 1. The van der Waals surface area contributed by atoms with E-state index in [1.807, 2.05) is 31.2 Å². The van der Waals surface area contributed by atoms with Crippen LogP contribution in [-0.2, 0) is 0 Å². The molecule has 0 radical (unpaired) electrons. The molecule has 4 aromatic rings. The minimum absolute atomic E-state index is 0.200. The first-order valence-electron chi connectivity index (χ1n) is 8.81. The topological polar surface area (TPSA) is 63.2 Å². The molecule has 0 spiro atoms. The zero-order valence-electron chi connectivity index (χ0n) is 15.2. The van der Waals surface area contributed by atoms with Crippen molar-refractivity contribution < 1.29 is 14.0 Å². The number of hydrogen-bond donors (Lipinski definition) is 0. The molecule has 136 valence electrons. The number of imide groups is 1. The predicted octanol–water partition coefficient (Wildman–Crippen LogP) is 4.34. The number of pyridine rings is 2. The number of aryl methyl sites for hydroxylation is 2. The fourth-order valence-corrected chi connectivity index (χ4v) is 3.85. The van der Waals surface area contributed by atoms with Crippen LogP contribution in [0.25, 0.3) is 21.8 Å². The van der Waals surface area contributed by atoms with E-state index in [1.165, 1.54) is 18.2 Å². The van der Waals surface area contributed by atoms with E-state index in [2.05, 4.69) is 9.97 Å². The van der Waals surface area contributed by atoms with Crippen LogP contribution in [0.15, 0.2) is 48.5 Å². The van der Waals surface area contributed by atoms with Crippen molar-refractivity contribution in [2.24, 2.45) is 0 Å². The maximum Gasteiger partial charge on any atom is 0.268 e. The molecule has 5 rings (SSSR count). The normalized spacial score (nSPS) is 13.6. The van der Waals surface area contributed by atoms with Crippen molar-refractivity contribution in [3.63, 3.8) is 0 Å². The number of carbonyl (C=O) groups is 2. The largest absolute Gasteiger partial charge is 0.268 e. The van der Waals surface area contributed by atoms with E-state index in [9.17, 15) is 14.0 Å². The number of para-hydroxylation sites is 1. The Kier molecular flexibility index (Phi) is 3.34. The van der Waals surface area contributed by atoms with Crippen LogP contribution in [0.5, 0.6) is 0 Å². The van der Waals surface area contributed by atoms with Gasteiger partial charge in [-0.05, 0) is 44.2 Å². The van der Waals surface area contributed by atoms with Crippen LogP contribution in [0.2, 0.25) is 0 Å². The van der Waals surface area contributed by atoms with Crippen LogP contribution >= 0.6 is 0 Å². The number of amides is 2. The standard InChI is InChI=1S/C22H14FN3O2/c1-11-9-18(14-5-3-4-6-16(14)24-11)26-21(27)19-12(2)25-17-8-7-13(23)10-15(17)20(19)22(26)28/h3-10H,1-2H3. The average Bonchev–Trinajstić information content (AvgIpc) is 2.93. The average molecular weight is 371 g/mol. The van der Waals surface area contributed by atoms with Crippen LogP contribution in [0.4, 0.5) is 10.1 Å². The summed E-state index contributed by atoms with van der Waals surface area (Å²) in [6, 6.07) is 13.1. The van der Waals surface area contributed by atoms with E-state index in [-0.39, 0.29) is 11.1 Å². The Labute approximate surface area is 159 Å². The number of rotatable bonds is 1. The van der Waals surface area contributed by atoms with Gasteiger partial charge in [-0.15, -0.1) is 0 Å². The summed E-state index contributed by atoms with van der Waals surface area (Å²) in [6.07, 6.45) is 0. The zero-order valence-corrected chi connectivity index (χ0v) is 15.2. The molecule has 0 unspecified atom stereocenters. The van der Waals surface area contributed by atoms with Gasteiger partial charge in [0.25, 0.3) is 11.8 Å². The quantitative estimate of drug-likeness (QED) is 0.467. The van der Waals surface area contributed by atoms with Crippen molar-refractivity contribution in [3.8, 4) is 0 Å². The third-order valence-electron chi connectivity index (χ3n) is 5.03. The van der Waals surface area contributed by atoms with Gasteiger partial charge < -0.3 is 0 Å². The molecule has 0 N–H and O–H groups in total. The first kappa shape index (κ1) is 16.5. The van der Waals surface area contributed by atoms with Crippen molar-refractivity contribution in [2.45, 2.75) is 13.8 Å².